The molecule has 0 saturated heterocycles. The fraction of sp³-hybridized carbons (Fsp3) is 0.190. The van der Waals surface area contributed by atoms with Crippen molar-refractivity contribution in [2.45, 2.75) is 20.2 Å². The summed E-state index contributed by atoms with van der Waals surface area (Å²) in [5, 5.41) is 4.71. The largest absolute Gasteiger partial charge is 0.408 e. The van der Waals surface area contributed by atoms with Gasteiger partial charge in [-0.3, -0.25) is 4.59 Å². The molecule has 1 N–H and O–H groups in total. The Balaban J connectivity index is 2.02. The molecule has 134 valence electrons. The number of rotatable bonds is 9. The van der Waals surface area contributed by atoms with Crippen molar-refractivity contribution in [2.75, 3.05) is 7.05 Å². The van der Waals surface area contributed by atoms with Gasteiger partial charge in [-0.05, 0) is 32.4 Å². The van der Waals surface area contributed by atoms with Gasteiger partial charge in [-0.15, -0.1) is 0 Å². The third kappa shape index (κ3) is 5.64. The summed E-state index contributed by atoms with van der Waals surface area (Å²) in [7, 11) is 1.91. The number of hydrogen-bond donors (Lipinski definition) is 1. The summed E-state index contributed by atoms with van der Waals surface area (Å²) in [6, 6.07) is 12.3. The van der Waals surface area contributed by atoms with E-state index < -0.39 is 0 Å². The van der Waals surface area contributed by atoms with Crippen LogP contribution in [0.15, 0.2) is 91.3 Å². The third-order valence-corrected chi connectivity index (χ3v) is 4.06. The molecule has 0 amide bonds. The van der Waals surface area contributed by atoms with E-state index in [2.05, 4.69) is 56.2 Å². The summed E-state index contributed by atoms with van der Waals surface area (Å²) in [5.41, 5.74) is 6.60. The van der Waals surface area contributed by atoms with Gasteiger partial charge < -0.3 is 4.92 Å². The molecule has 2 aromatic rings. The number of allylic oxidation sites excluding steroid dienone is 6. The fourth-order valence-corrected chi connectivity index (χ4v) is 2.54. The molecule has 1 heterocycles. The number of hydrogen-bond acceptors (Lipinski definition) is 3. The minimum absolute atomic E-state index is 0.0543. The van der Waals surface area contributed by atoms with Crippen LogP contribution >= 0.6 is 0 Å². The maximum Gasteiger partial charge on any atom is 0.408 e. The Bertz CT molecular complexity index is 774. The lowest BCUT2D eigenvalue weighted by atomic mass is 9.80. The predicted molar refractivity (Wildman–Crippen MR) is 112 cm³/mol. The molecule has 0 radical (unpaired) electrons. The Morgan fingerprint density at radius 3 is 2.73 bits per heavy atom. The second-order valence-corrected chi connectivity index (χ2v) is 6.03. The second kappa shape index (κ2) is 10.3. The molecule has 5 heteroatoms. The van der Waals surface area contributed by atoms with Crippen LogP contribution in [0, 0.1) is 0 Å². The molecular weight excluding hydrogens is 319 g/mol. The quantitative estimate of drug-likeness (QED) is 0.411. The van der Waals surface area contributed by atoms with Crippen LogP contribution in [0.25, 0.3) is 11.3 Å². The average molecular weight is 346 g/mol. The normalized spacial score (nSPS) is 12.0. The van der Waals surface area contributed by atoms with Gasteiger partial charge in [-0.2, -0.15) is 5.10 Å². The molecule has 0 aliphatic carbocycles. The molecule has 26 heavy (non-hydrogen) atoms. The number of nitrogens with one attached hydrogen (secondary N) is 1. The molecule has 0 bridgehead atoms. The zero-order valence-corrected chi connectivity index (χ0v) is 15.8. The smallest absolute Gasteiger partial charge is 0.335 e. The van der Waals surface area contributed by atoms with Gasteiger partial charge in [0.2, 0.25) is 0 Å². The average Bonchev–Trinajstić information content (AvgIpc) is 3.16. The molecule has 4 nitrogen and oxygen atoms in total. The van der Waals surface area contributed by atoms with E-state index in [0.717, 1.165) is 17.7 Å². The molecule has 0 aliphatic heterocycles. The van der Waals surface area contributed by atoms with Gasteiger partial charge in [0.1, 0.15) is 0 Å². The van der Waals surface area contributed by atoms with E-state index >= 15 is 0 Å². The Morgan fingerprint density at radius 1 is 1.27 bits per heavy atom. The molecule has 1 aromatic carbocycles. The first-order chi connectivity index (χ1) is 12.7. The number of hydrazine groups is 1. The van der Waals surface area contributed by atoms with Crippen LogP contribution in [0.5, 0.6) is 0 Å². The number of aromatic nitrogens is 2. The van der Waals surface area contributed by atoms with E-state index in [4.69, 9.17) is 5.10 Å². The summed E-state index contributed by atoms with van der Waals surface area (Å²) in [4.78, 5) is 2.04. The van der Waals surface area contributed by atoms with Gasteiger partial charge >= 0.3 is 6.98 Å². The van der Waals surface area contributed by atoms with Gasteiger partial charge in [0.05, 0.1) is 5.69 Å². The Kier molecular flexibility index (Phi) is 7.71. The van der Waals surface area contributed by atoms with Crippen molar-refractivity contribution >= 4 is 6.98 Å². The van der Waals surface area contributed by atoms with Crippen LogP contribution in [-0.4, -0.2) is 28.6 Å². The zero-order valence-electron chi connectivity index (χ0n) is 15.8. The van der Waals surface area contributed by atoms with Crippen molar-refractivity contribution in [1.29, 1.82) is 0 Å². The molecular formula is C21H27BN4. The molecule has 1 aromatic heterocycles. The first-order valence-electron chi connectivity index (χ1n) is 8.83. The van der Waals surface area contributed by atoms with Gasteiger partial charge in [0.15, 0.2) is 0 Å². The van der Waals surface area contributed by atoms with Crippen LogP contribution in [0.2, 0.25) is 6.82 Å². The third-order valence-electron chi connectivity index (χ3n) is 4.06. The van der Waals surface area contributed by atoms with Crippen LogP contribution in [-0.2, 0) is 0 Å². The lowest BCUT2D eigenvalue weighted by Crippen LogP contribution is -2.46. The number of benzene rings is 1. The maximum atomic E-state index is 4.71. The molecule has 0 unspecified atom stereocenters. The van der Waals surface area contributed by atoms with E-state index in [1.165, 1.54) is 5.57 Å². The monoisotopic (exact) mass is 346 g/mol. The molecule has 0 atom stereocenters. The summed E-state index contributed by atoms with van der Waals surface area (Å²) in [6.07, 6.45) is 14.9. The molecule has 0 aliphatic rings. The first-order valence-corrected chi connectivity index (χ1v) is 8.83. The van der Waals surface area contributed by atoms with Gasteiger partial charge in [0, 0.05) is 18.8 Å². The van der Waals surface area contributed by atoms with Gasteiger partial charge in [-0.25, -0.2) is 5.43 Å². The van der Waals surface area contributed by atoms with E-state index in [-0.39, 0.29) is 6.98 Å². The van der Waals surface area contributed by atoms with Gasteiger partial charge in [-0.1, -0.05) is 72.9 Å². The standard InChI is InChI=1S/C21H27BN4/c1-5-6-8-12-19(2)13-11-17-25(23-4)22(3)26-18-16-21(24-26)20-14-9-7-10-15-20/h5-12,14-18,23H,1,13H2,2-4H3/b8-6-,17-11-,19-12+. The summed E-state index contributed by atoms with van der Waals surface area (Å²) in [5.74, 6) is 0. The van der Waals surface area contributed by atoms with Crippen molar-refractivity contribution < 1.29 is 0 Å². The van der Waals surface area contributed by atoms with E-state index in [0.29, 0.717) is 0 Å². The highest BCUT2D eigenvalue weighted by molar-refractivity contribution is 6.52. The van der Waals surface area contributed by atoms with E-state index in [9.17, 15) is 0 Å². The first kappa shape index (κ1) is 19.5. The molecule has 0 spiro atoms. The van der Waals surface area contributed by atoms with E-state index in [1.54, 1.807) is 6.08 Å². The van der Waals surface area contributed by atoms with Crippen molar-refractivity contribution in [1.82, 2.24) is 20.0 Å². The van der Waals surface area contributed by atoms with Crippen molar-refractivity contribution in [2.24, 2.45) is 0 Å². The minimum Gasteiger partial charge on any atom is -0.335 e. The van der Waals surface area contributed by atoms with Crippen molar-refractivity contribution in [3.63, 3.8) is 0 Å². The van der Waals surface area contributed by atoms with Crippen molar-refractivity contribution in [3.05, 3.63) is 91.3 Å². The zero-order chi connectivity index (χ0) is 18.8. The van der Waals surface area contributed by atoms with E-state index in [1.807, 2.05) is 59.2 Å². The van der Waals surface area contributed by atoms with Crippen LogP contribution in [0.3, 0.4) is 0 Å². The van der Waals surface area contributed by atoms with Crippen LogP contribution < -0.4 is 5.43 Å². The lowest BCUT2D eigenvalue weighted by molar-refractivity contribution is 0.455. The lowest BCUT2D eigenvalue weighted by Gasteiger charge is -2.23. The minimum atomic E-state index is 0.0543. The molecule has 2 rings (SSSR count). The SMILES string of the molecule is C=C/C=C\C=C(/C)C/C=C\N(NC)B(C)n1ccc(-c2ccccc2)n1. The summed E-state index contributed by atoms with van der Waals surface area (Å²) >= 11 is 0. The van der Waals surface area contributed by atoms with Crippen molar-refractivity contribution in [3.8, 4) is 11.3 Å². The fourth-order valence-electron chi connectivity index (χ4n) is 2.54. The highest BCUT2D eigenvalue weighted by atomic mass is 15.5. The summed E-state index contributed by atoms with van der Waals surface area (Å²) in [6.45, 7) is 7.95. The number of nitrogens with zero attached hydrogens (tertiary/aromatic N) is 3. The highest BCUT2D eigenvalue weighted by Gasteiger charge is 2.18. The summed E-state index contributed by atoms with van der Waals surface area (Å²) < 4.78 is 1.96. The topological polar surface area (TPSA) is 33.1 Å². The van der Waals surface area contributed by atoms with Gasteiger partial charge in [0.25, 0.3) is 0 Å². The Labute approximate surface area is 157 Å². The second-order valence-electron chi connectivity index (χ2n) is 6.03. The van der Waals surface area contributed by atoms with Crippen LogP contribution in [0.1, 0.15) is 13.3 Å². The maximum absolute atomic E-state index is 4.71. The molecule has 0 fully saturated rings. The molecule has 0 saturated carbocycles. The highest BCUT2D eigenvalue weighted by Crippen LogP contribution is 2.16. The Morgan fingerprint density at radius 2 is 2.04 bits per heavy atom. The van der Waals surface area contributed by atoms with Crippen LogP contribution in [0.4, 0.5) is 0 Å². The predicted octanol–water partition coefficient (Wildman–Crippen LogP) is 4.54. The Hall–Kier alpha value is -2.79.